The highest BCUT2D eigenvalue weighted by Gasteiger charge is 2.28. The third-order valence-corrected chi connectivity index (χ3v) is 4.50. The number of unbranched alkanes of at least 4 members (excludes halogenated alkanes) is 1. The van der Waals surface area contributed by atoms with Crippen LogP contribution in [0.5, 0.6) is 5.75 Å². The lowest BCUT2D eigenvalue weighted by Gasteiger charge is -2.33. The van der Waals surface area contributed by atoms with E-state index in [2.05, 4.69) is 52.4 Å². The molecular weight excluding hydrogens is 354 g/mol. The number of rotatable bonds is 6. The average Bonchev–Trinajstić information content (AvgIpc) is 2.57. The summed E-state index contributed by atoms with van der Waals surface area (Å²) in [4.78, 5) is 0. The Morgan fingerprint density at radius 1 is 1.17 bits per heavy atom. The summed E-state index contributed by atoms with van der Waals surface area (Å²) < 4.78 is 13.0. The third kappa shape index (κ3) is 4.27. The Labute approximate surface area is 146 Å². The van der Waals surface area contributed by atoms with Gasteiger partial charge in [0, 0.05) is 22.1 Å². The second-order valence-corrected chi connectivity index (χ2v) is 6.66. The first-order chi connectivity index (χ1) is 11.3. The molecule has 0 fully saturated rings. The van der Waals surface area contributed by atoms with Gasteiger partial charge >= 0.3 is 0 Å². The molecule has 0 saturated heterocycles. The zero-order valence-electron chi connectivity index (χ0n) is 13.3. The van der Waals surface area contributed by atoms with Gasteiger partial charge in [-0.3, -0.25) is 0 Å². The van der Waals surface area contributed by atoms with Crippen molar-refractivity contribution in [3.63, 3.8) is 0 Å². The Bertz CT molecular complexity index is 630. The van der Waals surface area contributed by atoms with Crippen LogP contribution >= 0.6 is 15.9 Å². The van der Waals surface area contributed by atoms with E-state index in [1.807, 2.05) is 24.3 Å². The largest absolute Gasteiger partial charge is 0.464 e. The number of hydrogen-bond acceptors (Lipinski definition) is 3. The van der Waals surface area contributed by atoms with E-state index in [0.29, 0.717) is 0 Å². The van der Waals surface area contributed by atoms with Crippen molar-refractivity contribution in [1.82, 2.24) is 0 Å². The van der Waals surface area contributed by atoms with Crippen molar-refractivity contribution < 1.29 is 9.47 Å². The van der Waals surface area contributed by atoms with E-state index >= 15 is 0 Å². The number of halogens is 1. The van der Waals surface area contributed by atoms with Crippen LogP contribution in [0.25, 0.3) is 0 Å². The van der Waals surface area contributed by atoms with Gasteiger partial charge in [-0.2, -0.15) is 0 Å². The molecule has 0 unspecified atom stereocenters. The van der Waals surface area contributed by atoms with E-state index in [1.54, 1.807) is 0 Å². The second-order valence-electron chi connectivity index (χ2n) is 5.75. The smallest absolute Gasteiger partial charge is 0.202 e. The summed E-state index contributed by atoms with van der Waals surface area (Å²) in [5.41, 5.74) is 2.29. The highest BCUT2D eigenvalue weighted by molar-refractivity contribution is 9.10. The maximum atomic E-state index is 6.00. The van der Waals surface area contributed by atoms with Crippen molar-refractivity contribution >= 4 is 21.6 Å². The van der Waals surface area contributed by atoms with Crippen LogP contribution in [0.2, 0.25) is 0 Å². The fraction of sp³-hybridized carbons (Fsp3) is 0.368. The van der Waals surface area contributed by atoms with Crippen LogP contribution in [0.15, 0.2) is 53.0 Å². The Kier molecular flexibility index (Phi) is 5.57. The van der Waals surface area contributed by atoms with E-state index in [9.17, 15) is 0 Å². The summed E-state index contributed by atoms with van der Waals surface area (Å²) in [6, 6.07) is 16.6. The van der Waals surface area contributed by atoms with E-state index < -0.39 is 0 Å². The van der Waals surface area contributed by atoms with Gasteiger partial charge < -0.3 is 14.8 Å². The molecule has 0 radical (unpaired) electrons. The Morgan fingerprint density at radius 3 is 2.74 bits per heavy atom. The zero-order chi connectivity index (χ0) is 16.1. The van der Waals surface area contributed by atoms with E-state index in [4.69, 9.17) is 9.47 Å². The summed E-state index contributed by atoms with van der Waals surface area (Å²) in [5, 5.41) is 3.60. The predicted molar refractivity (Wildman–Crippen MR) is 96.8 cm³/mol. The molecule has 3 nitrogen and oxygen atoms in total. The Balaban J connectivity index is 1.75. The van der Waals surface area contributed by atoms with Gasteiger partial charge in [0.1, 0.15) is 5.75 Å². The maximum absolute atomic E-state index is 6.00. The topological polar surface area (TPSA) is 30.5 Å². The SMILES string of the molecule is CCCCO[C@@H]1C[C@H](Nc2ccc(Br)cc2)c2ccccc2O1. The lowest BCUT2D eigenvalue weighted by Crippen LogP contribution is -2.31. The van der Waals surface area contributed by atoms with Gasteiger partial charge in [0.05, 0.1) is 12.6 Å². The summed E-state index contributed by atoms with van der Waals surface area (Å²) in [6.07, 6.45) is 2.80. The average molecular weight is 376 g/mol. The van der Waals surface area contributed by atoms with Gasteiger partial charge in [-0.25, -0.2) is 0 Å². The number of anilines is 1. The molecule has 2 atom stereocenters. The molecule has 0 bridgehead atoms. The number of hydrogen-bond donors (Lipinski definition) is 1. The molecule has 2 aromatic carbocycles. The van der Waals surface area contributed by atoms with Crippen LogP contribution in [-0.4, -0.2) is 12.9 Å². The van der Waals surface area contributed by atoms with E-state index in [-0.39, 0.29) is 12.3 Å². The summed E-state index contributed by atoms with van der Waals surface area (Å²) in [7, 11) is 0. The Morgan fingerprint density at radius 2 is 1.96 bits per heavy atom. The molecule has 1 aliphatic rings. The minimum atomic E-state index is -0.190. The summed E-state index contributed by atoms with van der Waals surface area (Å²) in [6.45, 7) is 2.91. The minimum Gasteiger partial charge on any atom is -0.464 e. The van der Waals surface area contributed by atoms with Gasteiger partial charge in [-0.1, -0.05) is 47.5 Å². The molecule has 122 valence electrons. The van der Waals surface area contributed by atoms with E-state index in [1.165, 1.54) is 5.56 Å². The molecule has 0 spiro atoms. The molecule has 0 saturated carbocycles. The molecule has 1 N–H and O–H groups in total. The fourth-order valence-corrected chi connectivity index (χ4v) is 2.99. The van der Waals surface area contributed by atoms with Gasteiger partial charge in [0.15, 0.2) is 0 Å². The predicted octanol–water partition coefficient (Wildman–Crippen LogP) is 5.53. The van der Waals surface area contributed by atoms with Gasteiger partial charge in [0.2, 0.25) is 6.29 Å². The first-order valence-corrected chi connectivity index (χ1v) is 8.95. The zero-order valence-corrected chi connectivity index (χ0v) is 14.9. The highest BCUT2D eigenvalue weighted by Crippen LogP contribution is 2.37. The van der Waals surface area contributed by atoms with Gasteiger partial charge in [-0.15, -0.1) is 0 Å². The molecule has 0 amide bonds. The van der Waals surface area contributed by atoms with Crippen LogP contribution in [0, 0.1) is 0 Å². The fourth-order valence-electron chi connectivity index (χ4n) is 2.73. The first-order valence-electron chi connectivity index (χ1n) is 8.15. The van der Waals surface area contributed by atoms with Crippen molar-refractivity contribution in [2.75, 3.05) is 11.9 Å². The van der Waals surface area contributed by atoms with Gasteiger partial charge in [-0.05, 0) is 36.8 Å². The first kappa shape index (κ1) is 16.3. The van der Waals surface area contributed by atoms with Crippen molar-refractivity contribution in [1.29, 1.82) is 0 Å². The summed E-state index contributed by atoms with van der Waals surface area (Å²) in [5.74, 6) is 0.912. The molecule has 2 aromatic rings. The third-order valence-electron chi connectivity index (χ3n) is 3.97. The number of fused-ring (bicyclic) bond motifs is 1. The van der Waals surface area contributed by atoms with Crippen molar-refractivity contribution in [3.8, 4) is 5.75 Å². The molecule has 3 rings (SSSR count). The lowest BCUT2D eigenvalue weighted by molar-refractivity contribution is -0.0952. The maximum Gasteiger partial charge on any atom is 0.202 e. The number of benzene rings is 2. The highest BCUT2D eigenvalue weighted by atomic mass is 79.9. The Hall–Kier alpha value is -1.52. The monoisotopic (exact) mass is 375 g/mol. The number of ether oxygens (including phenoxy) is 2. The number of nitrogens with one attached hydrogen (secondary N) is 1. The van der Waals surface area contributed by atoms with Crippen LogP contribution < -0.4 is 10.1 Å². The van der Waals surface area contributed by atoms with Crippen LogP contribution in [0.1, 0.15) is 37.8 Å². The molecule has 4 heteroatoms. The van der Waals surface area contributed by atoms with Gasteiger partial charge in [0.25, 0.3) is 0 Å². The molecule has 1 heterocycles. The van der Waals surface area contributed by atoms with Crippen molar-refractivity contribution in [3.05, 3.63) is 58.6 Å². The van der Waals surface area contributed by atoms with Crippen molar-refractivity contribution in [2.24, 2.45) is 0 Å². The molecule has 1 aliphatic heterocycles. The van der Waals surface area contributed by atoms with Crippen LogP contribution in [-0.2, 0) is 4.74 Å². The molecule has 0 aliphatic carbocycles. The quantitative estimate of drug-likeness (QED) is 0.673. The molecular formula is C19H22BrNO2. The van der Waals surface area contributed by atoms with E-state index in [0.717, 1.165) is 41.8 Å². The summed E-state index contributed by atoms with van der Waals surface area (Å²) >= 11 is 3.47. The van der Waals surface area contributed by atoms with Crippen LogP contribution in [0.3, 0.4) is 0 Å². The second kappa shape index (κ2) is 7.84. The normalized spacial score (nSPS) is 19.7. The number of para-hydroxylation sites is 1. The van der Waals surface area contributed by atoms with Crippen molar-refractivity contribution in [2.45, 2.75) is 38.5 Å². The molecule has 23 heavy (non-hydrogen) atoms. The molecule has 0 aromatic heterocycles. The minimum absolute atomic E-state index is 0.188. The standard InChI is InChI=1S/C19H22BrNO2/c1-2-3-12-22-19-13-17(16-6-4-5-7-18(16)23-19)21-15-10-8-14(20)9-11-15/h4-11,17,19,21H,2-3,12-13H2,1H3/t17-,19-/m0/s1. The van der Waals surface area contributed by atoms with Crippen LogP contribution in [0.4, 0.5) is 5.69 Å². The lowest BCUT2D eigenvalue weighted by atomic mass is 9.99.